The lowest BCUT2D eigenvalue weighted by molar-refractivity contribution is -0.597. The van der Waals surface area contributed by atoms with E-state index < -0.39 is 334 Å². The first-order chi connectivity index (χ1) is 68.7. The van der Waals surface area contributed by atoms with E-state index in [4.69, 9.17) is 0 Å². The molecular weight excluding hydrogens is 2210 g/mol. The Morgan fingerprint density at radius 2 is 0.333 bits per heavy atom. The second-order valence-corrected chi connectivity index (χ2v) is 33.0. The van der Waals surface area contributed by atoms with Crippen LogP contribution in [0.15, 0.2) is 172 Å². The number of halogens is 48. The Morgan fingerprint density at radius 1 is 0.197 bits per heavy atom. The normalized spacial score (nSPS) is 11.3. The van der Waals surface area contributed by atoms with Crippen LogP contribution in [0.1, 0.15) is 72.3 Å². The van der Waals surface area contributed by atoms with Gasteiger partial charge in [-0.25, -0.2) is 171 Å². The highest BCUT2D eigenvalue weighted by atomic mass is 127. The Morgan fingerprint density at radius 3 is 0.463 bits per heavy atom. The predicted molar refractivity (Wildman–Crippen MR) is 440 cm³/mol. The van der Waals surface area contributed by atoms with Crippen molar-refractivity contribution in [3.05, 3.63) is 461 Å². The number of hydrogen-bond donors (Lipinski definition) is 0. The van der Waals surface area contributed by atoms with Gasteiger partial charge in [-0.1, -0.05) is 86.0 Å². The molecule has 0 nitrogen and oxygen atoms in total. The van der Waals surface area contributed by atoms with Gasteiger partial charge in [0.05, 0.1) is 67.1 Å². The highest BCUT2D eigenvalue weighted by molar-refractivity contribution is 7.21. The number of hydrogen-bond acceptors (Lipinski definition) is 0. The third-order valence-electron chi connectivity index (χ3n) is 22.0. The van der Waals surface area contributed by atoms with Gasteiger partial charge in [-0.05, 0) is 111 Å². The molecule has 147 heavy (non-hydrogen) atoms. The van der Waals surface area contributed by atoms with E-state index in [1.165, 1.54) is 54.7 Å². The quantitative estimate of drug-likeness (QED) is 0.0168. The van der Waals surface area contributed by atoms with Gasteiger partial charge < -0.3 is 0 Å². The molecule has 0 bridgehead atoms. The standard InChI is InChI=1S/C32BF28.C32H12BF16.C19H12F3.C14H14I/c34-9-1(17(42)29(54)55)10(35)22(47)5(21(9)46)33(6-23(48)11(36)2(12(37)24(6)49)18(43)30(56)57,7-25(50)13(38)3(14(39)26(7)51)19(44)31(58)59)8-27(52)15(40)4(16(41)28(8)53)20(45)32(60)61;1-5-9-17(34)25(42)13(26(43)18(9)35)33(14-27(44)19(36)10(6-2)20(37)28(14)45,15-29(46)21(38)11(7-3)22(39)30(15)47)16-31(48)23(40)12(8-4)24(41)32(16)49;20-16-7-1-13(2-8-16)19(14-3-9-17(21)10-4-14)15-5-11-18(22)12-6-15;1-11-3-7-13(8-4-11)15-14-9-5-12(2)6-10-14/h;5-8H,1-4H2;1-12H;3-10H,1-2H3/q2*-1;2*+1. The van der Waals surface area contributed by atoms with Gasteiger partial charge >= 0.3 is 45.5 Å². The maximum Gasteiger partial charge on any atom is 0.357 e. The average molecular weight is 2240 g/mol. The molecule has 0 aliphatic heterocycles. The monoisotopic (exact) mass is 2240 g/mol. The largest absolute Gasteiger partial charge is 0.357 e. The maximum atomic E-state index is 16.2. The molecule has 0 amide bonds. The lowest BCUT2D eigenvalue weighted by Gasteiger charge is -2.45. The van der Waals surface area contributed by atoms with Crippen LogP contribution in [-0.2, 0) is 0 Å². The summed E-state index contributed by atoms with van der Waals surface area (Å²) in [4.78, 5) is 0. The molecule has 13 aromatic carbocycles. The van der Waals surface area contributed by atoms with Crippen molar-refractivity contribution < 1.29 is 228 Å². The zero-order valence-corrected chi connectivity index (χ0v) is 73.6. The molecule has 0 unspecified atom stereocenters. The highest BCUT2D eigenvalue weighted by Gasteiger charge is 2.56. The summed E-state index contributed by atoms with van der Waals surface area (Å²) in [6.45, 7) is 15.5. The molecule has 0 heterocycles. The highest BCUT2D eigenvalue weighted by Crippen LogP contribution is 2.42. The lowest BCUT2D eigenvalue weighted by atomic mass is 9.12. The minimum absolute atomic E-state index is 0.00313. The second-order valence-electron chi connectivity index (χ2n) is 29.9. The van der Waals surface area contributed by atoms with Crippen molar-refractivity contribution >= 4 is 104 Å². The van der Waals surface area contributed by atoms with Crippen molar-refractivity contribution in [2.75, 3.05) is 0 Å². The molecular formula is C97H38B2F47I. The van der Waals surface area contributed by atoms with E-state index in [0.29, 0.717) is 0 Å². The van der Waals surface area contributed by atoms with E-state index in [2.05, 4.69) is 88.7 Å². The summed E-state index contributed by atoms with van der Waals surface area (Å²) in [6.07, 6.45) is -30.8. The number of aryl methyl sites for hydroxylation is 2. The van der Waals surface area contributed by atoms with Crippen LogP contribution in [0, 0.1) is 231 Å². The van der Waals surface area contributed by atoms with Crippen LogP contribution < -0.4 is 64.9 Å². The molecule has 0 fully saturated rings. The molecule has 0 radical (unpaired) electrons. The molecule has 0 aliphatic carbocycles. The minimum Gasteiger partial charge on any atom is -0.207 e. The summed E-state index contributed by atoms with van der Waals surface area (Å²) in [7, 11) is 0. The van der Waals surface area contributed by atoms with Crippen LogP contribution in [0.25, 0.3) is 47.6 Å². The number of benzene rings is 13. The molecule has 13 rings (SSSR count). The zero-order chi connectivity index (χ0) is 110. The zero-order valence-electron chi connectivity index (χ0n) is 71.5. The van der Waals surface area contributed by atoms with Gasteiger partial charge in [0.25, 0.3) is 0 Å². The molecule has 50 heteroatoms. The Labute approximate surface area is 802 Å². The summed E-state index contributed by atoms with van der Waals surface area (Å²) in [5, 5.41) is 0. The van der Waals surface area contributed by atoms with Gasteiger partial charge in [0.15, 0.2) is 100 Å². The van der Waals surface area contributed by atoms with Crippen molar-refractivity contribution in [1.29, 1.82) is 0 Å². The van der Waals surface area contributed by atoms with Crippen LogP contribution in [0.5, 0.6) is 0 Å². The smallest absolute Gasteiger partial charge is 0.207 e. The Kier molecular flexibility index (Phi) is 34.7. The fourth-order valence-corrected chi connectivity index (χ4v) is 17.7. The molecule has 0 aromatic heterocycles. The van der Waals surface area contributed by atoms with E-state index in [0.717, 1.165) is 22.6 Å². The van der Waals surface area contributed by atoms with Crippen molar-refractivity contribution in [2.45, 2.75) is 13.8 Å². The second kappa shape index (κ2) is 44.7. The Hall–Kier alpha value is -14.8. The SMILES string of the molecule is C=Cc1c(F)c(F)c([B-](c2c(F)c(F)c(C=C)c(F)c2F)(c2c(F)c(F)c(C=C)c(F)c2F)c2c(F)c(F)c(C=C)c(F)c2F)c(F)c1F.Cc1ccc([I+]c2ccc(C)cc2)cc1.FC(F)=C(F)c1c(F)c(F)c([B-](c2c(F)c(F)c(C(F)=C(F)F)c(F)c2F)(c2c(F)c(F)c(C(F)=C(F)F)c(F)c2F)c2c(F)c(F)c(C(F)=C(F)F)c(F)c2F)c(F)c1F.Fc1ccc([C+](c2ccc(F)cc2)c2ccc(F)cc2)cc1. The summed E-state index contributed by atoms with van der Waals surface area (Å²) in [6, 6.07) is 35.9. The van der Waals surface area contributed by atoms with Gasteiger partial charge in [0.2, 0.25) is 23.3 Å². The van der Waals surface area contributed by atoms with E-state index in [1.54, 1.807) is 36.4 Å². The molecule has 0 aliphatic rings. The minimum atomic E-state index is -8.01. The summed E-state index contributed by atoms with van der Waals surface area (Å²) >= 11 is 0.00313. The summed E-state index contributed by atoms with van der Waals surface area (Å²) in [5.74, 6) is -129. The molecule has 0 N–H and O–H groups in total. The van der Waals surface area contributed by atoms with Crippen molar-refractivity contribution in [2.24, 2.45) is 0 Å². The predicted octanol–water partition coefficient (Wildman–Crippen LogP) is 24.8. The first kappa shape index (κ1) is 114. The van der Waals surface area contributed by atoms with Crippen molar-refractivity contribution in [3.8, 4) is 0 Å². The Bertz CT molecular complexity index is 6630. The molecule has 768 valence electrons. The van der Waals surface area contributed by atoms with Crippen molar-refractivity contribution in [3.63, 3.8) is 0 Å². The summed E-state index contributed by atoms with van der Waals surface area (Å²) in [5.41, 5.74) is -45.2. The fourth-order valence-electron chi connectivity index (χ4n) is 15.6. The fraction of sp³-hybridized carbons (Fsp3) is 0.0206. The maximum absolute atomic E-state index is 16.2. The van der Waals surface area contributed by atoms with E-state index in [-0.39, 0.29) is 63.0 Å². The van der Waals surface area contributed by atoms with Crippen LogP contribution in [0.3, 0.4) is 0 Å². The third-order valence-corrected chi connectivity index (χ3v) is 24.7. The molecule has 0 saturated carbocycles. The van der Waals surface area contributed by atoms with Crippen LogP contribution in [-0.4, -0.2) is 12.3 Å². The van der Waals surface area contributed by atoms with E-state index in [1.807, 2.05) is 0 Å². The summed E-state index contributed by atoms with van der Waals surface area (Å²) < 4.78 is 708. The van der Waals surface area contributed by atoms with Gasteiger partial charge in [0, 0.05) is 0 Å². The van der Waals surface area contributed by atoms with Gasteiger partial charge in [0.1, 0.15) is 123 Å². The van der Waals surface area contributed by atoms with Crippen LogP contribution in [0.2, 0.25) is 0 Å². The van der Waals surface area contributed by atoms with Gasteiger partial charge in [-0.2, -0.15) is 35.1 Å². The van der Waals surface area contributed by atoms with Gasteiger partial charge in [-0.15, -0.1) is 43.7 Å². The van der Waals surface area contributed by atoms with Crippen molar-refractivity contribution in [1.82, 2.24) is 0 Å². The molecule has 0 spiro atoms. The molecule has 0 atom stereocenters. The molecule has 13 aromatic rings. The van der Waals surface area contributed by atoms with Crippen LogP contribution in [0.4, 0.5) is 206 Å². The van der Waals surface area contributed by atoms with E-state index >= 15 is 140 Å². The number of rotatable bonds is 21. The lowest BCUT2D eigenvalue weighted by Crippen LogP contribution is -3.61. The first-order valence-electron chi connectivity index (χ1n) is 39.2. The molecule has 0 saturated heterocycles. The van der Waals surface area contributed by atoms with Gasteiger partial charge in [-0.3, -0.25) is 0 Å². The van der Waals surface area contributed by atoms with Crippen LogP contribution >= 0.6 is 0 Å². The topological polar surface area (TPSA) is 0 Å². The average Bonchev–Trinajstić information content (AvgIpc) is 0.678. The van der Waals surface area contributed by atoms with E-state index in [9.17, 15) is 65.9 Å². The Balaban J connectivity index is 0.000000225. The third kappa shape index (κ3) is 20.0. The first-order valence-corrected chi connectivity index (χ1v) is 41.4.